The molecule has 2 heterocycles. The number of para-hydroxylation sites is 1. The van der Waals surface area contributed by atoms with Gasteiger partial charge < -0.3 is 5.32 Å². The molecule has 0 atom stereocenters. The topological polar surface area (TPSA) is 76.3 Å². The van der Waals surface area contributed by atoms with Gasteiger partial charge in [0.25, 0.3) is 11.5 Å². The van der Waals surface area contributed by atoms with Gasteiger partial charge in [-0.2, -0.15) is 0 Å². The first-order chi connectivity index (χ1) is 16.7. The number of thioether (sulfide) groups is 1. The van der Waals surface area contributed by atoms with Gasteiger partial charge in [-0.15, -0.1) is 0 Å². The summed E-state index contributed by atoms with van der Waals surface area (Å²) >= 11 is 18.9. The fraction of sp³-hybridized carbons (Fsp3) is 0.167. The molecule has 1 fully saturated rings. The summed E-state index contributed by atoms with van der Waals surface area (Å²) in [5.41, 5.74) is 1.68. The van der Waals surface area contributed by atoms with Crippen molar-refractivity contribution in [1.82, 2.24) is 14.3 Å². The Bertz CT molecular complexity index is 1410. The third-order valence-corrected chi connectivity index (χ3v) is 7.57. The second kappa shape index (κ2) is 10.4. The molecule has 3 aromatic rings. The van der Waals surface area contributed by atoms with Gasteiger partial charge in [-0.05, 0) is 37.3 Å². The molecule has 0 spiro atoms. The molecule has 180 valence electrons. The van der Waals surface area contributed by atoms with Crippen molar-refractivity contribution in [1.29, 1.82) is 0 Å². The quantitative estimate of drug-likeness (QED) is 0.347. The second-order valence-corrected chi connectivity index (χ2v) is 10.2. The summed E-state index contributed by atoms with van der Waals surface area (Å²) < 4.78 is 3.50. The van der Waals surface area contributed by atoms with E-state index in [0.717, 1.165) is 11.8 Å². The van der Waals surface area contributed by atoms with Gasteiger partial charge in [0.15, 0.2) is 0 Å². The number of carbonyl (C=O) groups is 2. The van der Waals surface area contributed by atoms with Crippen LogP contribution in [0.3, 0.4) is 0 Å². The molecule has 1 saturated heterocycles. The number of halogens is 2. The average molecular weight is 547 g/mol. The standard InChI is InChI=1S/C24H20Cl2N4O3S2/c1-14-21(23(33)30(28(14)2)15-7-4-3-5-8-15)27-20(31)11-12-29-22(32)19(35-24(29)34)13-16-17(25)9-6-10-18(16)26/h3-10,13H,11-12H2,1-2H3,(H,27,31). The van der Waals surface area contributed by atoms with Crippen LogP contribution in [0.15, 0.2) is 58.2 Å². The van der Waals surface area contributed by atoms with E-state index in [4.69, 9.17) is 35.4 Å². The number of rotatable bonds is 6. The first kappa shape index (κ1) is 25.2. The molecule has 35 heavy (non-hydrogen) atoms. The molecule has 2 aromatic carbocycles. The summed E-state index contributed by atoms with van der Waals surface area (Å²) in [7, 11) is 1.75. The maximum Gasteiger partial charge on any atom is 0.295 e. The number of nitrogens with zero attached hydrogens (tertiary/aromatic N) is 3. The highest BCUT2D eigenvalue weighted by atomic mass is 35.5. The minimum Gasteiger partial charge on any atom is -0.320 e. The number of thiocarbonyl (C=S) groups is 1. The van der Waals surface area contributed by atoms with Gasteiger partial charge in [-0.3, -0.25) is 24.0 Å². The van der Waals surface area contributed by atoms with Crippen molar-refractivity contribution in [2.24, 2.45) is 7.05 Å². The van der Waals surface area contributed by atoms with Gasteiger partial charge in [0.2, 0.25) is 5.91 Å². The number of anilines is 1. The molecule has 11 heteroatoms. The molecule has 4 rings (SSSR count). The first-order valence-corrected chi connectivity index (χ1v) is 12.5. The molecule has 0 unspecified atom stereocenters. The van der Waals surface area contributed by atoms with E-state index in [0.29, 0.717) is 36.2 Å². The van der Waals surface area contributed by atoms with Gasteiger partial charge in [0.05, 0.1) is 16.3 Å². The van der Waals surface area contributed by atoms with Crippen LogP contribution in [0.2, 0.25) is 10.0 Å². The van der Waals surface area contributed by atoms with Crippen molar-refractivity contribution in [3.8, 4) is 5.69 Å². The van der Waals surface area contributed by atoms with Crippen molar-refractivity contribution in [3.63, 3.8) is 0 Å². The maximum absolute atomic E-state index is 13.0. The molecule has 7 nitrogen and oxygen atoms in total. The second-order valence-electron chi connectivity index (χ2n) is 7.70. The number of hydrogen-bond donors (Lipinski definition) is 1. The zero-order valence-corrected chi connectivity index (χ0v) is 21.9. The van der Waals surface area contributed by atoms with E-state index >= 15 is 0 Å². The van der Waals surface area contributed by atoms with E-state index < -0.39 is 5.91 Å². The lowest BCUT2D eigenvalue weighted by atomic mass is 10.2. The summed E-state index contributed by atoms with van der Waals surface area (Å²) in [5, 5.41) is 3.53. The van der Waals surface area contributed by atoms with E-state index in [-0.39, 0.29) is 30.1 Å². The minimum absolute atomic E-state index is 0.0360. The lowest BCUT2D eigenvalue weighted by molar-refractivity contribution is -0.122. The van der Waals surface area contributed by atoms with Crippen LogP contribution in [-0.2, 0) is 16.6 Å². The molecule has 0 saturated carbocycles. The number of carbonyl (C=O) groups excluding carboxylic acids is 2. The molecular weight excluding hydrogens is 527 g/mol. The van der Waals surface area contributed by atoms with E-state index in [1.165, 1.54) is 9.58 Å². The van der Waals surface area contributed by atoms with Crippen LogP contribution in [-0.4, -0.2) is 36.9 Å². The number of amides is 2. The smallest absolute Gasteiger partial charge is 0.295 e. The molecule has 2 amide bonds. The van der Waals surface area contributed by atoms with Crippen LogP contribution in [0, 0.1) is 6.92 Å². The van der Waals surface area contributed by atoms with E-state index in [1.54, 1.807) is 42.9 Å². The van der Waals surface area contributed by atoms with Crippen molar-refractivity contribution in [2.75, 3.05) is 11.9 Å². The Morgan fingerprint density at radius 3 is 2.40 bits per heavy atom. The zero-order chi connectivity index (χ0) is 25.3. The van der Waals surface area contributed by atoms with Crippen LogP contribution < -0.4 is 10.9 Å². The van der Waals surface area contributed by atoms with E-state index in [9.17, 15) is 14.4 Å². The van der Waals surface area contributed by atoms with Crippen molar-refractivity contribution >= 4 is 75.1 Å². The van der Waals surface area contributed by atoms with Crippen LogP contribution in [0.25, 0.3) is 11.8 Å². The predicted molar refractivity (Wildman–Crippen MR) is 145 cm³/mol. The molecule has 1 aliphatic rings. The molecule has 1 N–H and O–H groups in total. The van der Waals surface area contributed by atoms with Crippen molar-refractivity contribution in [2.45, 2.75) is 13.3 Å². The highest BCUT2D eigenvalue weighted by Crippen LogP contribution is 2.35. The maximum atomic E-state index is 13.0. The number of benzene rings is 2. The third-order valence-electron chi connectivity index (χ3n) is 5.53. The summed E-state index contributed by atoms with van der Waals surface area (Å²) in [6.45, 7) is 1.83. The lowest BCUT2D eigenvalue weighted by Crippen LogP contribution is -2.32. The van der Waals surface area contributed by atoms with Crippen molar-refractivity contribution < 1.29 is 9.59 Å². The number of nitrogens with one attached hydrogen (secondary N) is 1. The van der Waals surface area contributed by atoms with Crippen LogP contribution in [0.1, 0.15) is 17.7 Å². The Labute approximate surface area is 221 Å². The average Bonchev–Trinajstić information content (AvgIpc) is 3.21. The molecule has 0 bridgehead atoms. The molecule has 1 aromatic heterocycles. The Morgan fingerprint density at radius 1 is 1.09 bits per heavy atom. The zero-order valence-electron chi connectivity index (χ0n) is 18.7. The van der Waals surface area contributed by atoms with Gasteiger partial charge in [-0.25, -0.2) is 4.68 Å². The third kappa shape index (κ3) is 5.08. The molecule has 0 aliphatic carbocycles. The first-order valence-electron chi connectivity index (χ1n) is 10.5. The number of aromatic nitrogens is 2. The lowest BCUT2D eigenvalue weighted by Gasteiger charge is -2.14. The van der Waals surface area contributed by atoms with Gasteiger partial charge in [-0.1, -0.05) is 71.4 Å². The molecular formula is C24H20Cl2N4O3S2. The normalized spacial score (nSPS) is 14.7. The van der Waals surface area contributed by atoms with Crippen LogP contribution in [0.5, 0.6) is 0 Å². The minimum atomic E-state index is -0.400. The Morgan fingerprint density at radius 2 is 1.74 bits per heavy atom. The fourth-order valence-corrected chi connectivity index (χ4v) is 5.40. The molecule has 0 radical (unpaired) electrons. The van der Waals surface area contributed by atoms with Crippen LogP contribution >= 0.6 is 47.2 Å². The van der Waals surface area contributed by atoms with Gasteiger partial charge in [0, 0.05) is 35.6 Å². The van der Waals surface area contributed by atoms with E-state index in [2.05, 4.69) is 5.32 Å². The largest absolute Gasteiger partial charge is 0.320 e. The monoisotopic (exact) mass is 546 g/mol. The SMILES string of the molecule is Cc1c(NC(=O)CCN2C(=O)C(=Cc3c(Cl)cccc3Cl)SC2=S)c(=O)n(-c2ccccc2)n1C. The van der Waals surface area contributed by atoms with Gasteiger partial charge in [0.1, 0.15) is 10.0 Å². The predicted octanol–water partition coefficient (Wildman–Crippen LogP) is 5.02. The Hall–Kier alpha value is -2.85. The van der Waals surface area contributed by atoms with Crippen LogP contribution in [0.4, 0.5) is 5.69 Å². The Balaban J connectivity index is 1.46. The van der Waals surface area contributed by atoms with Crippen molar-refractivity contribution in [3.05, 3.63) is 85.1 Å². The highest BCUT2D eigenvalue weighted by molar-refractivity contribution is 8.26. The molecule has 1 aliphatic heterocycles. The Kier molecular flexibility index (Phi) is 7.51. The summed E-state index contributed by atoms with van der Waals surface area (Å²) in [6, 6.07) is 14.2. The summed E-state index contributed by atoms with van der Waals surface area (Å²) in [5.74, 6) is -0.727. The summed E-state index contributed by atoms with van der Waals surface area (Å²) in [6.07, 6.45) is 1.56. The summed E-state index contributed by atoms with van der Waals surface area (Å²) in [4.78, 5) is 40.3. The van der Waals surface area contributed by atoms with Gasteiger partial charge >= 0.3 is 0 Å². The van der Waals surface area contributed by atoms with E-state index in [1.807, 2.05) is 30.3 Å². The fourth-order valence-electron chi connectivity index (χ4n) is 3.60. The highest BCUT2D eigenvalue weighted by Gasteiger charge is 2.32. The number of hydrogen-bond acceptors (Lipinski definition) is 5.